The number of aliphatic hydroxyl groups excluding tert-OH is 1. The first-order chi connectivity index (χ1) is 9.89. The zero-order valence-electron chi connectivity index (χ0n) is 12.1. The summed E-state index contributed by atoms with van der Waals surface area (Å²) in [6.45, 7) is 4.03. The zero-order valence-corrected chi connectivity index (χ0v) is 12.1. The second kappa shape index (κ2) is 7.12. The quantitative estimate of drug-likeness (QED) is 0.596. The maximum atomic E-state index is 13.5. The van der Waals surface area contributed by atoms with Crippen molar-refractivity contribution in [2.24, 2.45) is 5.41 Å². The van der Waals surface area contributed by atoms with Gasteiger partial charge in [0.15, 0.2) is 0 Å². The molecule has 1 rings (SSSR count). The molecule has 0 radical (unpaired) electrons. The van der Waals surface area contributed by atoms with Gasteiger partial charge in [-0.25, -0.2) is 0 Å². The fraction of sp³-hybridized carbons (Fsp3) is 0.500. The summed E-state index contributed by atoms with van der Waals surface area (Å²) < 4.78 is 13.5. The predicted octanol–water partition coefficient (Wildman–Crippen LogP) is 2.26. The molecule has 7 heteroatoms. The van der Waals surface area contributed by atoms with Gasteiger partial charge in [0.05, 0.1) is 11.5 Å². The SMILES string of the molecule is CCC(CC)(CO)CNC(=O)c1ccc([N+](=O)[O-])c(F)c1. The van der Waals surface area contributed by atoms with Crippen molar-refractivity contribution in [2.45, 2.75) is 26.7 Å². The van der Waals surface area contributed by atoms with E-state index in [1.54, 1.807) is 0 Å². The van der Waals surface area contributed by atoms with Gasteiger partial charge in [-0.3, -0.25) is 14.9 Å². The summed E-state index contributed by atoms with van der Waals surface area (Å²) in [5.41, 5.74) is -1.06. The third-order valence-electron chi connectivity index (χ3n) is 3.87. The van der Waals surface area contributed by atoms with Crippen LogP contribution in [0.2, 0.25) is 0 Å². The predicted molar refractivity (Wildman–Crippen MR) is 75.5 cm³/mol. The highest BCUT2D eigenvalue weighted by atomic mass is 19.1. The molecule has 1 aromatic carbocycles. The number of nitro benzene ring substituents is 1. The second-order valence-electron chi connectivity index (χ2n) is 4.97. The van der Waals surface area contributed by atoms with E-state index in [9.17, 15) is 24.4 Å². The van der Waals surface area contributed by atoms with Gasteiger partial charge in [-0.15, -0.1) is 0 Å². The van der Waals surface area contributed by atoms with Gasteiger partial charge in [-0.1, -0.05) is 13.8 Å². The number of amides is 1. The van der Waals surface area contributed by atoms with Gasteiger partial charge in [0.2, 0.25) is 5.82 Å². The van der Waals surface area contributed by atoms with Gasteiger partial charge >= 0.3 is 5.69 Å². The lowest BCUT2D eigenvalue weighted by Crippen LogP contribution is -2.39. The largest absolute Gasteiger partial charge is 0.396 e. The molecule has 0 saturated heterocycles. The third kappa shape index (κ3) is 3.98. The highest BCUT2D eigenvalue weighted by Crippen LogP contribution is 2.24. The van der Waals surface area contributed by atoms with Crippen LogP contribution in [0.4, 0.5) is 10.1 Å². The van der Waals surface area contributed by atoms with E-state index >= 15 is 0 Å². The minimum atomic E-state index is -1.05. The van der Waals surface area contributed by atoms with Crippen LogP contribution in [0.25, 0.3) is 0 Å². The van der Waals surface area contributed by atoms with Crippen LogP contribution in [0.15, 0.2) is 18.2 Å². The number of nitrogens with zero attached hydrogens (tertiary/aromatic N) is 1. The summed E-state index contributed by atoms with van der Waals surface area (Å²) in [6, 6.07) is 3.00. The van der Waals surface area contributed by atoms with E-state index in [0.29, 0.717) is 12.8 Å². The van der Waals surface area contributed by atoms with Gasteiger partial charge in [-0.05, 0) is 25.0 Å². The van der Waals surface area contributed by atoms with E-state index < -0.39 is 27.8 Å². The molecule has 116 valence electrons. The maximum Gasteiger partial charge on any atom is 0.304 e. The first-order valence-electron chi connectivity index (χ1n) is 6.72. The summed E-state index contributed by atoms with van der Waals surface area (Å²) in [6.07, 6.45) is 1.38. The minimum absolute atomic E-state index is 0.0112. The van der Waals surface area contributed by atoms with Crippen molar-refractivity contribution in [2.75, 3.05) is 13.2 Å². The molecule has 0 atom stereocenters. The summed E-state index contributed by atoms with van der Waals surface area (Å²) in [5.74, 6) is -1.57. The number of carbonyl (C=O) groups excluding carboxylic acids is 1. The average Bonchev–Trinajstić information content (AvgIpc) is 2.48. The van der Waals surface area contributed by atoms with Crippen molar-refractivity contribution in [1.82, 2.24) is 5.32 Å². The lowest BCUT2D eigenvalue weighted by atomic mass is 9.83. The van der Waals surface area contributed by atoms with Crippen LogP contribution in [0.3, 0.4) is 0 Å². The fourth-order valence-corrected chi connectivity index (χ4v) is 1.95. The Labute approximate surface area is 122 Å². The van der Waals surface area contributed by atoms with Gasteiger partial charge in [0, 0.05) is 23.6 Å². The van der Waals surface area contributed by atoms with E-state index in [-0.39, 0.29) is 18.7 Å². The highest BCUT2D eigenvalue weighted by Gasteiger charge is 2.26. The Hall–Kier alpha value is -2.02. The van der Waals surface area contributed by atoms with E-state index in [2.05, 4.69) is 5.32 Å². The van der Waals surface area contributed by atoms with Crippen LogP contribution in [0.1, 0.15) is 37.0 Å². The summed E-state index contributed by atoms with van der Waals surface area (Å²) in [4.78, 5) is 21.6. The molecular weight excluding hydrogens is 279 g/mol. The van der Waals surface area contributed by atoms with Gasteiger partial charge < -0.3 is 10.4 Å². The maximum absolute atomic E-state index is 13.5. The van der Waals surface area contributed by atoms with Crippen LogP contribution in [0, 0.1) is 21.3 Å². The lowest BCUT2D eigenvalue weighted by molar-refractivity contribution is -0.387. The van der Waals surface area contributed by atoms with Gasteiger partial charge in [-0.2, -0.15) is 4.39 Å². The van der Waals surface area contributed by atoms with E-state index in [1.165, 1.54) is 6.07 Å². The molecule has 0 aliphatic heterocycles. The number of benzene rings is 1. The number of nitrogens with one attached hydrogen (secondary N) is 1. The number of hydrogen-bond acceptors (Lipinski definition) is 4. The third-order valence-corrected chi connectivity index (χ3v) is 3.87. The molecule has 2 N–H and O–H groups in total. The Balaban J connectivity index is 2.81. The molecule has 21 heavy (non-hydrogen) atoms. The molecule has 0 aromatic heterocycles. The summed E-state index contributed by atoms with van der Waals surface area (Å²) in [5, 5.41) is 22.6. The first kappa shape index (κ1) is 17.0. The number of hydrogen-bond donors (Lipinski definition) is 2. The smallest absolute Gasteiger partial charge is 0.304 e. The molecule has 0 spiro atoms. The van der Waals surface area contributed by atoms with Crippen molar-refractivity contribution in [3.8, 4) is 0 Å². The zero-order chi connectivity index (χ0) is 16.0. The Morgan fingerprint density at radius 3 is 2.48 bits per heavy atom. The average molecular weight is 298 g/mol. The van der Waals surface area contributed by atoms with Crippen LogP contribution in [-0.4, -0.2) is 29.1 Å². The molecule has 0 aliphatic rings. The summed E-state index contributed by atoms with van der Waals surface area (Å²) >= 11 is 0. The number of nitro groups is 1. The number of rotatable bonds is 7. The van der Waals surface area contributed by atoms with Gasteiger partial charge in [0.1, 0.15) is 0 Å². The normalized spacial score (nSPS) is 11.2. The van der Waals surface area contributed by atoms with Crippen LogP contribution < -0.4 is 5.32 Å². The lowest BCUT2D eigenvalue weighted by Gasteiger charge is -2.29. The molecule has 1 amide bonds. The standard InChI is InChI=1S/C14H19FN2O4/c1-3-14(4-2,9-18)8-16-13(19)10-5-6-12(17(20)21)11(15)7-10/h5-7,18H,3-4,8-9H2,1-2H3,(H,16,19). The first-order valence-corrected chi connectivity index (χ1v) is 6.72. The molecule has 0 saturated carbocycles. The van der Waals surface area contributed by atoms with Crippen molar-refractivity contribution >= 4 is 11.6 Å². The van der Waals surface area contributed by atoms with Crippen molar-refractivity contribution in [1.29, 1.82) is 0 Å². The minimum Gasteiger partial charge on any atom is -0.396 e. The monoisotopic (exact) mass is 298 g/mol. The molecule has 0 unspecified atom stereocenters. The molecule has 1 aromatic rings. The molecule has 0 aliphatic carbocycles. The highest BCUT2D eigenvalue weighted by molar-refractivity contribution is 5.94. The molecule has 0 bridgehead atoms. The topological polar surface area (TPSA) is 92.5 Å². The van der Waals surface area contributed by atoms with Crippen LogP contribution >= 0.6 is 0 Å². The second-order valence-corrected chi connectivity index (χ2v) is 4.97. The number of carbonyl (C=O) groups is 1. The van der Waals surface area contributed by atoms with E-state index in [4.69, 9.17) is 0 Å². The number of aliphatic hydroxyl groups is 1. The van der Waals surface area contributed by atoms with Crippen molar-refractivity contribution in [3.05, 3.63) is 39.7 Å². The Kier molecular flexibility index (Phi) is 5.78. The molecule has 0 fully saturated rings. The Morgan fingerprint density at radius 2 is 2.05 bits per heavy atom. The molecular formula is C14H19FN2O4. The fourth-order valence-electron chi connectivity index (χ4n) is 1.95. The van der Waals surface area contributed by atoms with Crippen LogP contribution in [-0.2, 0) is 0 Å². The molecule has 0 heterocycles. The Morgan fingerprint density at radius 1 is 1.43 bits per heavy atom. The van der Waals surface area contributed by atoms with Gasteiger partial charge in [0.25, 0.3) is 5.91 Å². The van der Waals surface area contributed by atoms with Crippen LogP contribution in [0.5, 0.6) is 0 Å². The van der Waals surface area contributed by atoms with E-state index in [1.807, 2.05) is 13.8 Å². The Bertz CT molecular complexity index is 521. The van der Waals surface area contributed by atoms with E-state index in [0.717, 1.165) is 12.1 Å². The van der Waals surface area contributed by atoms with Crippen molar-refractivity contribution in [3.63, 3.8) is 0 Å². The molecule has 6 nitrogen and oxygen atoms in total. The summed E-state index contributed by atoms with van der Waals surface area (Å²) in [7, 11) is 0. The van der Waals surface area contributed by atoms with Crippen molar-refractivity contribution < 1.29 is 19.2 Å². The number of halogens is 1.